The molecular weight excluding hydrogens is 440 g/mol. The van der Waals surface area contributed by atoms with Crippen LogP contribution in [0.15, 0.2) is 83.9 Å². The molecule has 0 bridgehead atoms. The number of nitrogens with zero attached hydrogens (tertiary/aromatic N) is 1. The second kappa shape index (κ2) is 10.6. The van der Waals surface area contributed by atoms with E-state index in [2.05, 4.69) is 40.3 Å². The van der Waals surface area contributed by atoms with Gasteiger partial charge < -0.3 is 14.6 Å². The number of carbonyl (C=O) groups is 1. The van der Waals surface area contributed by atoms with Crippen LogP contribution in [0.1, 0.15) is 22.8 Å². The molecule has 0 radical (unpaired) electrons. The number of rotatable bonds is 9. The van der Waals surface area contributed by atoms with Gasteiger partial charge >= 0.3 is 0 Å². The van der Waals surface area contributed by atoms with Crippen molar-refractivity contribution in [3.05, 3.63) is 95.1 Å². The van der Waals surface area contributed by atoms with E-state index in [0.717, 1.165) is 27.6 Å². The van der Waals surface area contributed by atoms with Crippen LogP contribution >= 0.6 is 23.4 Å². The summed E-state index contributed by atoms with van der Waals surface area (Å²) in [6.45, 7) is 3.77. The Labute approximate surface area is 197 Å². The van der Waals surface area contributed by atoms with Gasteiger partial charge in [0.2, 0.25) is 0 Å². The number of aromatic nitrogens is 1. The Morgan fingerprint density at radius 1 is 1.03 bits per heavy atom. The fraction of sp³-hybridized carbons (Fsp3) is 0.192. The number of ether oxygens (including phenoxy) is 1. The number of nitrogens with one attached hydrogen (secondary N) is 1. The van der Waals surface area contributed by atoms with E-state index in [1.165, 1.54) is 10.3 Å². The van der Waals surface area contributed by atoms with E-state index in [1.807, 2.05) is 43.3 Å². The first-order valence-corrected chi connectivity index (χ1v) is 12.0. The fourth-order valence-electron chi connectivity index (χ4n) is 3.55. The molecule has 32 heavy (non-hydrogen) atoms. The van der Waals surface area contributed by atoms with Crippen molar-refractivity contribution >= 4 is 40.2 Å². The Bertz CT molecular complexity index is 1200. The first-order valence-electron chi connectivity index (χ1n) is 10.6. The van der Waals surface area contributed by atoms with E-state index < -0.39 is 0 Å². The summed E-state index contributed by atoms with van der Waals surface area (Å²) in [5, 5.41) is 5.02. The number of amides is 1. The van der Waals surface area contributed by atoms with Gasteiger partial charge in [-0.2, -0.15) is 0 Å². The van der Waals surface area contributed by atoms with E-state index in [0.29, 0.717) is 25.3 Å². The molecule has 0 spiro atoms. The van der Waals surface area contributed by atoms with Crippen LogP contribution in [0.4, 0.5) is 0 Å². The zero-order valence-corrected chi connectivity index (χ0v) is 19.5. The molecule has 0 aliphatic carbocycles. The summed E-state index contributed by atoms with van der Waals surface area (Å²) in [7, 11) is 0. The van der Waals surface area contributed by atoms with Crippen LogP contribution < -0.4 is 10.1 Å². The van der Waals surface area contributed by atoms with Crippen LogP contribution in [0.3, 0.4) is 0 Å². The summed E-state index contributed by atoms with van der Waals surface area (Å²) < 4.78 is 7.63. The molecule has 1 N–H and O–H groups in total. The molecule has 4 rings (SSSR count). The highest BCUT2D eigenvalue weighted by Gasteiger charge is 2.11. The largest absolute Gasteiger partial charge is 0.494 e. The molecule has 0 saturated heterocycles. The quantitative estimate of drug-likeness (QED) is 0.291. The van der Waals surface area contributed by atoms with Crippen molar-refractivity contribution in [1.82, 2.24) is 9.88 Å². The summed E-state index contributed by atoms with van der Waals surface area (Å²) in [5.41, 5.74) is 2.91. The second-order valence-corrected chi connectivity index (χ2v) is 8.72. The summed E-state index contributed by atoms with van der Waals surface area (Å²) in [6, 6.07) is 23.5. The zero-order valence-electron chi connectivity index (χ0n) is 17.9. The average Bonchev–Trinajstić information content (AvgIpc) is 3.17. The number of thioether (sulfide) groups is 1. The monoisotopic (exact) mass is 464 g/mol. The van der Waals surface area contributed by atoms with Crippen LogP contribution in [0.2, 0.25) is 5.02 Å². The first-order chi connectivity index (χ1) is 15.7. The maximum Gasteiger partial charge on any atom is 0.251 e. The molecule has 6 heteroatoms. The van der Waals surface area contributed by atoms with Crippen LogP contribution in [0.5, 0.6) is 5.75 Å². The maximum atomic E-state index is 12.5. The summed E-state index contributed by atoms with van der Waals surface area (Å²) in [6.07, 6.45) is 2.16. The van der Waals surface area contributed by atoms with E-state index in [4.69, 9.17) is 16.3 Å². The highest BCUT2D eigenvalue weighted by Crippen LogP contribution is 2.33. The highest BCUT2D eigenvalue weighted by molar-refractivity contribution is 7.98. The van der Waals surface area contributed by atoms with E-state index >= 15 is 0 Å². The third-order valence-corrected chi connectivity index (χ3v) is 6.62. The average molecular weight is 465 g/mol. The molecular formula is C26H25ClN2O2S. The molecule has 3 aromatic carbocycles. The number of benzene rings is 3. The molecule has 1 heterocycles. The van der Waals surface area contributed by atoms with Crippen molar-refractivity contribution in [2.45, 2.75) is 24.1 Å². The predicted molar refractivity (Wildman–Crippen MR) is 133 cm³/mol. The van der Waals surface area contributed by atoms with Crippen molar-refractivity contribution in [2.24, 2.45) is 0 Å². The maximum absolute atomic E-state index is 12.5. The summed E-state index contributed by atoms with van der Waals surface area (Å²) in [4.78, 5) is 13.7. The topological polar surface area (TPSA) is 43.3 Å². The Morgan fingerprint density at radius 3 is 2.56 bits per heavy atom. The van der Waals surface area contributed by atoms with Crippen LogP contribution in [0.25, 0.3) is 10.9 Å². The number of fused-ring (bicyclic) bond motifs is 1. The molecule has 1 aromatic heterocycles. The number of para-hydroxylation sites is 1. The van der Waals surface area contributed by atoms with E-state index in [1.54, 1.807) is 23.9 Å². The highest BCUT2D eigenvalue weighted by atomic mass is 35.5. The molecule has 0 fully saturated rings. The van der Waals surface area contributed by atoms with Crippen molar-refractivity contribution in [3.63, 3.8) is 0 Å². The van der Waals surface area contributed by atoms with Crippen molar-refractivity contribution in [2.75, 3.05) is 13.2 Å². The molecule has 4 aromatic rings. The molecule has 0 aliphatic heterocycles. The lowest BCUT2D eigenvalue weighted by Gasteiger charge is -2.08. The van der Waals surface area contributed by atoms with Crippen LogP contribution in [-0.4, -0.2) is 23.6 Å². The van der Waals surface area contributed by atoms with Crippen molar-refractivity contribution < 1.29 is 9.53 Å². The molecule has 4 nitrogen and oxygen atoms in total. The Morgan fingerprint density at radius 2 is 1.78 bits per heavy atom. The fourth-order valence-corrected chi connectivity index (χ4v) is 4.92. The molecule has 164 valence electrons. The third-order valence-electron chi connectivity index (χ3n) is 5.16. The smallest absolute Gasteiger partial charge is 0.251 e. The molecule has 0 saturated carbocycles. The number of carbonyl (C=O) groups excluding carboxylic acids is 1. The number of hydrogen-bond donors (Lipinski definition) is 1. The van der Waals surface area contributed by atoms with Gasteiger partial charge in [0, 0.05) is 51.4 Å². The van der Waals surface area contributed by atoms with Gasteiger partial charge in [-0.1, -0.05) is 48.0 Å². The van der Waals surface area contributed by atoms with Crippen LogP contribution in [-0.2, 0) is 12.3 Å². The molecule has 0 atom stereocenters. The lowest BCUT2D eigenvalue weighted by Crippen LogP contribution is -2.27. The zero-order chi connectivity index (χ0) is 22.3. The number of halogens is 1. The minimum Gasteiger partial charge on any atom is -0.494 e. The summed E-state index contributed by atoms with van der Waals surface area (Å²) in [5.74, 6) is 1.49. The Kier molecular flexibility index (Phi) is 7.40. The van der Waals surface area contributed by atoms with Gasteiger partial charge in [-0.25, -0.2) is 0 Å². The Balaban J connectivity index is 1.41. The number of hydrogen-bond acceptors (Lipinski definition) is 3. The van der Waals surface area contributed by atoms with Gasteiger partial charge in [0.1, 0.15) is 5.75 Å². The minimum absolute atomic E-state index is 0.0853. The minimum atomic E-state index is -0.0853. The van der Waals surface area contributed by atoms with Gasteiger partial charge in [0.15, 0.2) is 0 Å². The molecule has 0 unspecified atom stereocenters. The van der Waals surface area contributed by atoms with Crippen molar-refractivity contribution in [3.8, 4) is 5.75 Å². The SMILES string of the molecule is CCOc1ccc(C(=O)NCCn2cc(SCc3ccccc3Cl)c3ccccc32)cc1. The predicted octanol–water partition coefficient (Wildman–Crippen LogP) is 6.42. The molecule has 0 aliphatic rings. The Hall–Kier alpha value is -2.89. The van der Waals surface area contributed by atoms with Gasteiger partial charge in [0.25, 0.3) is 5.91 Å². The first kappa shape index (κ1) is 22.3. The van der Waals surface area contributed by atoms with E-state index in [9.17, 15) is 4.79 Å². The van der Waals surface area contributed by atoms with Crippen LogP contribution in [0, 0.1) is 0 Å². The lowest BCUT2D eigenvalue weighted by molar-refractivity contribution is 0.0952. The van der Waals surface area contributed by atoms with E-state index in [-0.39, 0.29) is 5.91 Å². The van der Waals surface area contributed by atoms with Crippen molar-refractivity contribution in [1.29, 1.82) is 0 Å². The molecule has 1 amide bonds. The summed E-state index contributed by atoms with van der Waals surface area (Å²) >= 11 is 8.10. The second-order valence-electron chi connectivity index (χ2n) is 7.30. The van der Waals surface area contributed by atoms with Gasteiger partial charge in [-0.15, -0.1) is 11.8 Å². The van der Waals surface area contributed by atoms with Gasteiger partial charge in [-0.05, 0) is 48.9 Å². The standard InChI is InChI=1S/C26H25ClN2O2S/c1-2-31-21-13-11-19(12-14-21)26(30)28-15-16-29-17-25(22-8-4-6-10-24(22)29)32-18-20-7-3-5-9-23(20)27/h3-14,17H,2,15-16,18H2,1H3,(H,28,30). The lowest BCUT2D eigenvalue weighted by atomic mass is 10.2. The third kappa shape index (κ3) is 5.29. The van der Waals surface area contributed by atoms with Gasteiger partial charge in [-0.3, -0.25) is 4.79 Å². The van der Waals surface area contributed by atoms with Gasteiger partial charge in [0.05, 0.1) is 6.61 Å². The normalized spacial score (nSPS) is 10.9.